The molecule has 0 unspecified atom stereocenters. The molecule has 0 saturated carbocycles. The normalized spacial score (nSPS) is 8.94. The van der Waals surface area contributed by atoms with Gasteiger partial charge in [0.25, 0.3) is 0 Å². The highest BCUT2D eigenvalue weighted by atomic mass is 16.5. The molecular formula is C16H22O. The molecular weight excluding hydrogens is 208 g/mol. The van der Waals surface area contributed by atoms with Crippen molar-refractivity contribution in [1.29, 1.82) is 0 Å². The van der Waals surface area contributed by atoms with Crippen molar-refractivity contribution in [3.8, 4) is 12.8 Å². The van der Waals surface area contributed by atoms with Crippen molar-refractivity contribution in [2.24, 2.45) is 0 Å². The molecule has 92 valence electrons. The topological polar surface area (TPSA) is 9.23 Å². The van der Waals surface area contributed by atoms with Crippen LogP contribution in [0.1, 0.15) is 26.3 Å². The number of allylic oxidation sites excluding steroid dienone is 3. The largest absolute Gasteiger partial charge is 0.501 e. The van der Waals surface area contributed by atoms with Crippen LogP contribution in [-0.2, 0) is 4.74 Å². The van der Waals surface area contributed by atoms with Gasteiger partial charge >= 0.3 is 0 Å². The molecule has 0 radical (unpaired) electrons. The fourth-order valence-corrected chi connectivity index (χ4v) is 1.04. The molecule has 0 aliphatic rings. The zero-order valence-corrected chi connectivity index (χ0v) is 11.2. The third kappa shape index (κ3) is 7.93. The van der Waals surface area contributed by atoms with Crippen molar-refractivity contribution >= 4 is 5.57 Å². The van der Waals surface area contributed by atoms with Gasteiger partial charge < -0.3 is 4.74 Å². The predicted octanol–water partition coefficient (Wildman–Crippen LogP) is 4.53. The van der Waals surface area contributed by atoms with E-state index in [1.165, 1.54) is 0 Å². The molecule has 0 aliphatic carbocycles. The van der Waals surface area contributed by atoms with Gasteiger partial charge in [0.1, 0.15) is 0 Å². The molecule has 1 aromatic rings. The Bertz CT molecular complexity index is 344. The second-order valence-electron chi connectivity index (χ2n) is 2.85. The van der Waals surface area contributed by atoms with E-state index in [1.807, 2.05) is 57.2 Å². The number of methoxy groups -OCH3 is 1. The fraction of sp³-hybridized carbons (Fsp3) is 0.250. The lowest BCUT2D eigenvalue weighted by Gasteiger charge is -2.02. The fourth-order valence-electron chi connectivity index (χ4n) is 1.04. The summed E-state index contributed by atoms with van der Waals surface area (Å²) in [5.74, 6) is 0.869. The van der Waals surface area contributed by atoms with Gasteiger partial charge in [-0.15, -0.1) is 12.8 Å². The molecule has 0 N–H and O–H groups in total. The molecule has 0 fully saturated rings. The Kier molecular flexibility index (Phi) is 12.5. The van der Waals surface area contributed by atoms with E-state index in [1.54, 1.807) is 7.11 Å². The van der Waals surface area contributed by atoms with Crippen LogP contribution in [0.25, 0.3) is 5.57 Å². The molecule has 0 atom stereocenters. The van der Waals surface area contributed by atoms with Gasteiger partial charge in [-0.05, 0) is 24.1 Å². The lowest BCUT2D eigenvalue weighted by atomic mass is 10.1. The van der Waals surface area contributed by atoms with E-state index in [-0.39, 0.29) is 0 Å². The molecule has 1 aromatic carbocycles. The molecule has 0 bridgehead atoms. The maximum absolute atomic E-state index is 5.04. The van der Waals surface area contributed by atoms with Gasteiger partial charge in [0.05, 0.1) is 12.9 Å². The second kappa shape index (κ2) is 12.1. The third-order valence-electron chi connectivity index (χ3n) is 1.84. The standard InChI is InChI=1S/C12H14O.C2H6.C2H2/c1-10(9-11(2)13-3)12-7-5-4-6-8-12;2*1-2/h4-9H,1H2,2-3H3;1-2H3;1-2H/b11-9-;;. The van der Waals surface area contributed by atoms with Gasteiger partial charge in [-0.3, -0.25) is 0 Å². The van der Waals surface area contributed by atoms with E-state index in [9.17, 15) is 0 Å². The molecule has 0 heterocycles. The van der Waals surface area contributed by atoms with Gasteiger partial charge in [-0.1, -0.05) is 50.8 Å². The summed E-state index contributed by atoms with van der Waals surface area (Å²) in [6, 6.07) is 10.0. The van der Waals surface area contributed by atoms with Gasteiger partial charge in [0, 0.05) is 0 Å². The lowest BCUT2D eigenvalue weighted by molar-refractivity contribution is 0.294. The summed E-state index contributed by atoms with van der Waals surface area (Å²) in [6.45, 7) is 9.87. The molecule has 1 heteroatoms. The van der Waals surface area contributed by atoms with Crippen LogP contribution in [0.2, 0.25) is 0 Å². The van der Waals surface area contributed by atoms with Crippen LogP contribution >= 0.6 is 0 Å². The monoisotopic (exact) mass is 230 g/mol. The molecule has 1 rings (SSSR count). The van der Waals surface area contributed by atoms with Gasteiger partial charge in [0.2, 0.25) is 0 Å². The van der Waals surface area contributed by atoms with Crippen LogP contribution in [-0.4, -0.2) is 7.11 Å². The molecule has 1 nitrogen and oxygen atoms in total. The van der Waals surface area contributed by atoms with Crippen LogP contribution in [0.4, 0.5) is 0 Å². The Morgan fingerprint density at radius 2 is 1.65 bits per heavy atom. The summed E-state index contributed by atoms with van der Waals surface area (Å²) in [5, 5.41) is 0. The summed E-state index contributed by atoms with van der Waals surface area (Å²) in [4.78, 5) is 0. The first-order valence-electron chi connectivity index (χ1n) is 5.54. The first-order chi connectivity index (χ1) is 8.24. The van der Waals surface area contributed by atoms with Crippen molar-refractivity contribution in [2.45, 2.75) is 20.8 Å². The third-order valence-corrected chi connectivity index (χ3v) is 1.84. The first-order valence-corrected chi connectivity index (χ1v) is 5.54. The number of benzene rings is 1. The average molecular weight is 230 g/mol. The Morgan fingerprint density at radius 1 is 1.18 bits per heavy atom. The van der Waals surface area contributed by atoms with Crippen molar-refractivity contribution in [1.82, 2.24) is 0 Å². The number of ether oxygens (including phenoxy) is 1. The van der Waals surface area contributed by atoms with E-state index < -0.39 is 0 Å². The summed E-state index contributed by atoms with van der Waals surface area (Å²) < 4.78 is 5.04. The SMILES string of the molecule is C#C.C=C(/C=C(/C)OC)c1ccccc1.CC. The smallest absolute Gasteiger partial charge is 0.0930 e. The quantitative estimate of drug-likeness (QED) is 0.421. The second-order valence-corrected chi connectivity index (χ2v) is 2.85. The Morgan fingerprint density at radius 3 is 2.06 bits per heavy atom. The Labute approximate surface area is 106 Å². The van der Waals surface area contributed by atoms with Crippen molar-refractivity contribution in [2.75, 3.05) is 7.11 Å². The highest BCUT2D eigenvalue weighted by molar-refractivity contribution is 5.72. The van der Waals surface area contributed by atoms with E-state index in [2.05, 4.69) is 19.4 Å². The lowest BCUT2D eigenvalue weighted by Crippen LogP contribution is -1.82. The molecule has 17 heavy (non-hydrogen) atoms. The summed E-state index contributed by atoms with van der Waals surface area (Å²) in [7, 11) is 1.66. The van der Waals surface area contributed by atoms with Crippen LogP contribution in [0.5, 0.6) is 0 Å². The molecule has 0 spiro atoms. The van der Waals surface area contributed by atoms with Crippen LogP contribution in [0.15, 0.2) is 48.7 Å². The minimum Gasteiger partial charge on any atom is -0.501 e. The van der Waals surface area contributed by atoms with Gasteiger partial charge in [-0.2, -0.15) is 0 Å². The van der Waals surface area contributed by atoms with Crippen molar-refractivity contribution in [3.63, 3.8) is 0 Å². The maximum Gasteiger partial charge on any atom is 0.0930 e. The molecule has 0 amide bonds. The molecule has 0 aromatic heterocycles. The minimum absolute atomic E-state index is 0.869. The van der Waals surface area contributed by atoms with Crippen LogP contribution in [0.3, 0.4) is 0 Å². The summed E-state index contributed by atoms with van der Waals surface area (Å²) >= 11 is 0. The highest BCUT2D eigenvalue weighted by Crippen LogP contribution is 2.14. The number of rotatable bonds is 3. The first kappa shape index (κ1) is 17.5. The highest BCUT2D eigenvalue weighted by Gasteiger charge is 1.94. The van der Waals surface area contributed by atoms with Crippen molar-refractivity contribution in [3.05, 3.63) is 54.3 Å². The Balaban J connectivity index is 0. The van der Waals surface area contributed by atoms with E-state index in [0.29, 0.717) is 0 Å². The van der Waals surface area contributed by atoms with Gasteiger partial charge in [-0.25, -0.2) is 0 Å². The summed E-state index contributed by atoms with van der Waals surface area (Å²) in [5.41, 5.74) is 2.10. The van der Waals surface area contributed by atoms with Crippen LogP contribution in [0, 0.1) is 12.8 Å². The van der Waals surface area contributed by atoms with E-state index in [0.717, 1.165) is 16.9 Å². The van der Waals surface area contributed by atoms with Crippen LogP contribution < -0.4 is 0 Å². The van der Waals surface area contributed by atoms with E-state index in [4.69, 9.17) is 4.74 Å². The van der Waals surface area contributed by atoms with E-state index >= 15 is 0 Å². The number of hydrogen-bond donors (Lipinski definition) is 0. The minimum atomic E-state index is 0.869. The zero-order chi connectivity index (χ0) is 13.7. The number of terminal acetylenes is 1. The Hall–Kier alpha value is -1.94. The average Bonchev–Trinajstić information content (AvgIpc) is 2.44. The predicted molar refractivity (Wildman–Crippen MR) is 77.5 cm³/mol. The van der Waals surface area contributed by atoms with Gasteiger partial charge in [0.15, 0.2) is 0 Å². The maximum atomic E-state index is 5.04. The molecule has 0 aliphatic heterocycles. The summed E-state index contributed by atoms with van der Waals surface area (Å²) in [6.07, 6.45) is 9.93. The number of hydrogen-bond acceptors (Lipinski definition) is 1. The van der Waals surface area contributed by atoms with Crippen molar-refractivity contribution < 1.29 is 4.74 Å². The zero-order valence-electron chi connectivity index (χ0n) is 11.2. The molecule has 0 saturated heterocycles.